The van der Waals surface area contributed by atoms with E-state index in [0.29, 0.717) is 20.5 Å². The van der Waals surface area contributed by atoms with Crippen LogP contribution >= 0.6 is 24.0 Å². The average molecular weight is 369 g/mol. The van der Waals surface area contributed by atoms with Gasteiger partial charge in [0.05, 0.1) is 23.3 Å². The number of aryl methyl sites for hydroxylation is 1. The second-order valence-corrected chi connectivity index (χ2v) is 7.14. The van der Waals surface area contributed by atoms with Crippen molar-refractivity contribution in [3.8, 4) is 0 Å². The summed E-state index contributed by atoms with van der Waals surface area (Å²) in [4.78, 5) is 26.3. The Morgan fingerprint density at radius 3 is 2.36 bits per heavy atom. The van der Waals surface area contributed by atoms with Crippen molar-refractivity contribution in [3.63, 3.8) is 0 Å². The molecule has 0 atom stereocenters. The standard InChI is InChI=1S/C19H15NO3S2/c1-12-3-5-13(6-4-12)11-16-17(21)20(19(24)25-16)15-9-7-14(8-10-15)18(22)23-2/h3-11H,1-2H3/b16-11+. The Hall–Kier alpha value is -2.44. The summed E-state index contributed by atoms with van der Waals surface area (Å²) < 4.78 is 5.14. The summed E-state index contributed by atoms with van der Waals surface area (Å²) in [5, 5.41) is 0. The highest BCUT2D eigenvalue weighted by molar-refractivity contribution is 8.27. The smallest absolute Gasteiger partial charge is 0.337 e. The topological polar surface area (TPSA) is 46.6 Å². The highest BCUT2D eigenvalue weighted by atomic mass is 32.2. The van der Waals surface area contributed by atoms with Crippen LogP contribution in [0.15, 0.2) is 53.4 Å². The highest BCUT2D eigenvalue weighted by Crippen LogP contribution is 2.36. The van der Waals surface area contributed by atoms with E-state index < -0.39 is 5.97 Å². The summed E-state index contributed by atoms with van der Waals surface area (Å²) in [7, 11) is 1.33. The first-order chi connectivity index (χ1) is 12.0. The molecule has 2 aromatic carbocycles. The normalized spacial score (nSPS) is 15.8. The van der Waals surface area contributed by atoms with Gasteiger partial charge < -0.3 is 4.74 Å². The van der Waals surface area contributed by atoms with Crippen LogP contribution in [0.3, 0.4) is 0 Å². The lowest BCUT2D eigenvalue weighted by Gasteiger charge is -2.14. The summed E-state index contributed by atoms with van der Waals surface area (Å²) in [6.07, 6.45) is 1.83. The molecule has 0 bridgehead atoms. The first-order valence-electron chi connectivity index (χ1n) is 7.52. The van der Waals surface area contributed by atoms with E-state index in [-0.39, 0.29) is 5.91 Å². The molecule has 0 N–H and O–H groups in total. The van der Waals surface area contributed by atoms with Crippen LogP contribution in [0, 0.1) is 6.92 Å². The van der Waals surface area contributed by atoms with Crippen molar-refractivity contribution in [3.05, 3.63) is 70.1 Å². The van der Waals surface area contributed by atoms with Crippen molar-refractivity contribution in [2.45, 2.75) is 6.92 Å². The minimum absolute atomic E-state index is 0.165. The van der Waals surface area contributed by atoms with Crippen LogP contribution in [0.1, 0.15) is 21.5 Å². The number of benzene rings is 2. The van der Waals surface area contributed by atoms with Gasteiger partial charge >= 0.3 is 5.97 Å². The number of esters is 1. The molecular weight excluding hydrogens is 354 g/mol. The fourth-order valence-corrected chi connectivity index (χ4v) is 3.67. The van der Waals surface area contributed by atoms with Gasteiger partial charge in [-0.1, -0.05) is 53.8 Å². The lowest BCUT2D eigenvalue weighted by Crippen LogP contribution is -2.27. The van der Waals surface area contributed by atoms with Gasteiger partial charge in [-0.15, -0.1) is 0 Å². The zero-order valence-corrected chi connectivity index (χ0v) is 15.3. The third-order valence-corrected chi connectivity index (χ3v) is 5.02. The molecule has 0 radical (unpaired) electrons. The van der Waals surface area contributed by atoms with E-state index in [4.69, 9.17) is 12.2 Å². The number of amides is 1. The molecule has 0 saturated carbocycles. The summed E-state index contributed by atoms with van der Waals surface area (Å²) in [6.45, 7) is 2.02. The van der Waals surface area contributed by atoms with Gasteiger partial charge in [-0.25, -0.2) is 4.79 Å². The summed E-state index contributed by atoms with van der Waals surface area (Å²) >= 11 is 6.62. The van der Waals surface area contributed by atoms with Gasteiger partial charge in [-0.3, -0.25) is 9.69 Å². The molecule has 1 saturated heterocycles. The monoisotopic (exact) mass is 369 g/mol. The van der Waals surface area contributed by atoms with Crippen LogP contribution < -0.4 is 4.90 Å². The summed E-state index contributed by atoms with van der Waals surface area (Å²) in [5.41, 5.74) is 3.16. The predicted molar refractivity (Wildman–Crippen MR) is 105 cm³/mol. The maximum absolute atomic E-state index is 12.7. The van der Waals surface area contributed by atoms with Crippen molar-refractivity contribution in [1.82, 2.24) is 0 Å². The number of rotatable bonds is 3. The zero-order chi connectivity index (χ0) is 18.0. The van der Waals surface area contributed by atoms with E-state index >= 15 is 0 Å². The van der Waals surface area contributed by atoms with E-state index in [2.05, 4.69) is 4.74 Å². The lowest BCUT2D eigenvalue weighted by atomic mass is 10.1. The molecule has 1 heterocycles. The van der Waals surface area contributed by atoms with Crippen LogP contribution in [-0.2, 0) is 9.53 Å². The van der Waals surface area contributed by atoms with Crippen molar-refractivity contribution in [2.24, 2.45) is 0 Å². The van der Waals surface area contributed by atoms with Crippen molar-refractivity contribution >= 4 is 51.9 Å². The van der Waals surface area contributed by atoms with Crippen LogP contribution in [0.4, 0.5) is 5.69 Å². The molecule has 6 heteroatoms. The first kappa shape index (κ1) is 17.4. The number of carbonyl (C=O) groups is 2. The second-order valence-electron chi connectivity index (χ2n) is 5.47. The molecule has 0 aromatic heterocycles. The average Bonchev–Trinajstić information content (AvgIpc) is 2.90. The molecule has 1 amide bonds. The minimum atomic E-state index is -0.420. The Morgan fingerprint density at radius 1 is 1.12 bits per heavy atom. The van der Waals surface area contributed by atoms with Gasteiger partial charge in [0.25, 0.3) is 5.91 Å². The molecule has 4 nitrogen and oxygen atoms in total. The number of hydrogen-bond donors (Lipinski definition) is 0. The van der Waals surface area contributed by atoms with E-state index in [9.17, 15) is 9.59 Å². The SMILES string of the molecule is COC(=O)c1ccc(N2C(=O)/C(=C\c3ccc(C)cc3)SC2=S)cc1. The third-order valence-electron chi connectivity index (χ3n) is 3.72. The Kier molecular flexibility index (Phi) is 5.01. The molecule has 0 unspecified atom stereocenters. The van der Waals surface area contributed by atoms with Crippen LogP contribution in [-0.4, -0.2) is 23.3 Å². The van der Waals surface area contributed by atoms with Gasteiger partial charge in [0.15, 0.2) is 4.32 Å². The summed E-state index contributed by atoms with van der Waals surface area (Å²) in [5.74, 6) is -0.586. The zero-order valence-electron chi connectivity index (χ0n) is 13.7. The van der Waals surface area contributed by atoms with Gasteiger partial charge in [-0.2, -0.15) is 0 Å². The Labute approximate surface area is 155 Å². The first-order valence-corrected chi connectivity index (χ1v) is 8.75. The quantitative estimate of drug-likeness (QED) is 0.461. The van der Waals surface area contributed by atoms with Crippen LogP contribution in [0.25, 0.3) is 6.08 Å². The number of ether oxygens (including phenoxy) is 1. The van der Waals surface area contributed by atoms with E-state index in [1.807, 2.05) is 37.3 Å². The highest BCUT2D eigenvalue weighted by Gasteiger charge is 2.33. The number of nitrogens with zero attached hydrogens (tertiary/aromatic N) is 1. The number of carbonyl (C=O) groups excluding carboxylic acids is 2. The molecular formula is C19H15NO3S2. The van der Waals surface area contributed by atoms with Crippen molar-refractivity contribution < 1.29 is 14.3 Å². The molecule has 0 spiro atoms. The van der Waals surface area contributed by atoms with Gasteiger partial charge in [0.1, 0.15) is 0 Å². The molecule has 0 aliphatic carbocycles. The van der Waals surface area contributed by atoms with Gasteiger partial charge in [0.2, 0.25) is 0 Å². The molecule has 2 aromatic rings. The Bertz CT molecular complexity index is 871. The number of thiocarbonyl (C=S) groups is 1. The summed E-state index contributed by atoms with van der Waals surface area (Å²) in [6, 6.07) is 14.5. The minimum Gasteiger partial charge on any atom is -0.465 e. The Morgan fingerprint density at radius 2 is 1.76 bits per heavy atom. The predicted octanol–water partition coefficient (Wildman–Crippen LogP) is 4.19. The largest absolute Gasteiger partial charge is 0.465 e. The molecule has 3 rings (SSSR count). The number of thioether (sulfide) groups is 1. The molecule has 1 aliphatic heterocycles. The molecule has 25 heavy (non-hydrogen) atoms. The Balaban J connectivity index is 1.86. The maximum Gasteiger partial charge on any atom is 0.337 e. The second kappa shape index (κ2) is 7.21. The van der Waals surface area contributed by atoms with Crippen LogP contribution in [0.2, 0.25) is 0 Å². The fourth-order valence-electron chi connectivity index (χ4n) is 2.37. The van der Waals surface area contributed by atoms with Gasteiger partial charge in [-0.05, 0) is 42.8 Å². The van der Waals surface area contributed by atoms with Crippen molar-refractivity contribution in [2.75, 3.05) is 12.0 Å². The number of hydrogen-bond acceptors (Lipinski definition) is 5. The van der Waals surface area contributed by atoms with Crippen molar-refractivity contribution in [1.29, 1.82) is 0 Å². The van der Waals surface area contributed by atoms with E-state index in [1.54, 1.807) is 24.3 Å². The van der Waals surface area contributed by atoms with E-state index in [0.717, 1.165) is 11.1 Å². The fraction of sp³-hybridized carbons (Fsp3) is 0.105. The molecule has 126 valence electrons. The van der Waals surface area contributed by atoms with E-state index in [1.165, 1.54) is 23.8 Å². The molecule has 1 aliphatic rings. The van der Waals surface area contributed by atoms with Crippen LogP contribution in [0.5, 0.6) is 0 Å². The molecule has 1 fully saturated rings. The number of methoxy groups -OCH3 is 1. The third kappa shape index (κ3) is 3.65. The lowest BCUT2D eigenvalue weighted by molar-refractivity contribution is -0.113. The number of anilines is 1. The maximum atomic E-state index is 12.7. The van der Waals surface area contributed by atoms with Gasteiger partial charge in [0, 0.05) is 0 Å².